The first-order valence-electron chi connectivity index (χ1n) is 13.5. The molecule has 2 aromatic heterocycles. The molecular formula is C29H35FN6O3. The Morgan fingerprint density at radius 3 is 2.82 bits per heavy atom. The molecule has 0 bridgehead atoms. The topological polar surface area (TPSA) is 119 Å². The van der Waals surface area contributed by atoms with E-state index >= 15 is 0 Å². The largest absolute Gasteiger partial charge is 0.505 e. The van der Waals surface area contributed by atoms with Gasteiger partial charge in [0.05, 0.1) is 23.4 Å². The highest BCUT2D eigenvalue weighted by Crippen LogP contribution is 2.34. The highest BCUT2D eigenvalue weighted by atomic mass is 19.1. The third kappa shape index (κ3) is 5.81. The summed E-state index contributed by atoms with van der Waals surface area (Å²) in [5.74, 6) is 0.550. The SMILES string of the molecule is CCc1cc(O)c(F)cc1-c1ccc2c(-c3nc4c([nH]3)CN(C=O)CC4)n[nH]c2c1.CNCC1CCOCC1. The molecule has 1 fully saturated rings. The number of H-pyrrole nitrogens is 2. The molecule has 1 amide bonds. The number of nitrogens with zero attached hydrogens (tertiary/aromatic N) is 3. The molecule has 2 aliphatic rings. The van der Waals surface area contributed by atoms with Crippen molar-refractivity contribution < 1.29 is 19.0 Å². The van der Waals surface area contributed by atoms with Crippen molar-refractivity contribution in [1.29, 1.82) is 0 Å². The van der Waals surface area contributed by atoms with Gasteiger partial charge in [-0.3, -0.25) is 9.89 Å². The van der Waals surface area contributed by atoms with E-state index in [1.165, 1.54) is 25.0 Å². The highest BCUT2D eigenvalue weighted by Gasteiger charge is 2.22. The standard InChI is InChI=1S/C22H20FN5O2.C7H15NO/c1-2-12-8-20(30)16(23)9-15(12)13-3-4-14-18(7-13)26-27-21(14)22-24-17-5-6-28(11-29)10-19(17)25-22;1-8-6-7-2-4-9-5-3-7/h3-4,7-9,11,30H,2,5-6,10H2,1H3,(H,24,25)(H,26,27);7-8H,2-6H2,1H3. The van der Waals surface area contributed by atoms with Gasteiger partial charge in [-0.2, -0.15) is 5.10 Å². The van der Waals surface area contributed by atoms with E-state index in [9.17, 15) is 14.3 Å². The predicted octanol–water partition coefficient (Wildman–Crippen LogP) is 4.17. The summed E-state index contributed by atoms with van der Waals surface area (Å²) in [5, 5.41) is 21.2. The van der Waals surface area contributed by atoms with Crippen molar-refractivity contribution in [2.75, 3.05) is 33.4 Å². The number of aromatic nitrogens is 4. The fourth-order valence-electron chi connectivity index (χ4n) is 5.29. The summed E-state index contributed by atoms with van der Waals surface area (Å²) < 4.78 is 19.2. The molecule has 206 valence electrons. The summed E-state index contributed by atoms with van der Waals surface area (Å²) in [6.45, 7) is 6.23. The Hall–Kier alpha value is -3.76. The molecule has 1 saturated heterocycles. The fourth-order valence-corrected chi connectivity index (χ4v) is 5.29. The number of rotatable bonds is 6. The minimum Gasteiger partial charge on any atom is -0.505 e. The molecule has 0 spiro atoms. The number of aromatic amines is 2. The van der Waals surface area contributed by atoms with E-state index in [0.717, 1.165) is 71.1 Å². The number of phenols is 1. The summed E-state index contributed by atoms with van der Waals surface area (Å²) in [6.07, 6.45) is 4.71. The Bertz CT molecular complexity index is 1440. The van der Waals surface area contributed by atoms with Gasteiger partial charge < -0.3 is 25.0 Å². The summed E-state index contributed by atoms with van der Waals surface area (Å²) in [7, 11) is 2.01. The summed E-state index contributed by atoms with van der Waals surface area (Å²) in [6, 6.07) is 8.62. The first-order chi connectivity index (χ1) is 19.0. The fraction of sp³-hybridized carbons (Fsp3) is 0.414. The van der Waals surface area contributed by atoms with Gasteiger partial charge in [-0.25, -0.2) is 9.37 Å². The molecule has 0 saturated carbocycles. The van der Waals surface area contributed by atoms with Crippen LogP contribution in [0.1, 0.15) is 36.7 Å². The van der Waals surface area contributed by atoms with Gasteiger partial charge in [-0.15, -0.1) is 0 Å². The van der Waals surface area contributed by atoms with Crippen LogP contribution in [0.4, 0.5) is 4.39 Å². The summed E-state index contributed by atoms with van der Waals surface area (Å²) in [5.41, 5.74) is 5.86. The maximum Gasteiger partial charge on any atom is 0.210 e. The van der Waals surface area contributed by atoms with E-state index in [1.54, 1.807) is 4.90 Å². The van der Waals surface area contributed by atoms with Crippen LogP contribution in [0.15, 0.2) is 30.3 Å². The number of nitrogens with one attached hydrogen (secondary N) is 3. The molecule has 2 aliphatic heterocycles. The second-order valence-corrected chi connectivity index (χ2v) is 10.1. The Balaban J connectivity index is 0.000000292. The molecule has 10 heteroatoms. The number of hydrogen-bond donors (Lipinski definition) is 4. The maximum absolute atomic E-state index is 14.0. The average molecular weight is 535 g/mol. The molecule has 4 aromatic rings. The van der Waals surface area contributed by atoms with Crippen LogP contribution in [0, 0.1) is 11.7 Å². The van der Waals surface area contributed by atoms with Gasteiger partial charge >= 0.3 is 0 Å². The van der Waals surface area contributed by atoms with Crippen molar-refractivity contribution in [3.63, 3.8) is 0 Å². The number of carbonyl (C=O) groups is 1. The van der Waals surface area contributed by atoms with Crippen LogP contribution in [0.25, 0.3) is 33.5 Å². The molecule has 0 radical (unpaired) electrons. The monoisotopic (exact) mass is 534 g/mol. The van der Waals surface area contributed by atoms with E-state index in [0.29, 0.717) is 37.4 Å². The maximum atomic E-state index is 14.0. The summed E-state index contributed by atoms with van der Waals surface area (Å²) >= 11 is 0. The van der Waals surface area contributed by atoms with Crippen LogP contribution in [-0.2, 0) is 28.9 Å². The number of imidazole rings is 1. The van der Waals surface area contributed by atoms with E-state index in [2.05, 4.69) is 25.5 Å². The Morgan fingerprint density at radius 1 is 1.26 bits per heavy atom. The Kier molecular flexibility index (Phi) is 8.23. The molecule has 0 atom stereocenters. The first kappa shape index (κ1) is 26.8. The lowest BCUT2D eigenvalue weighted by molar-refractivity contribution is -0.119. The normalized spacial score (nSPS) is 15.6. The van der Waals surface area contributed by atoms with Gasteiger partial charge in [0.2, 0.25) is 6.41 Å². The third-order valence-corrected chi connectivity index (χ3v) is 7.50. The quantitative estimate of drug-likeness (QED) is 0.276. The van der Waals surface area contributed by atoms with Crippen LogP contribution < -0.4 is 5.32 Å². The van der Waals surface area contributed by atoms with E-state index in [4.69, 9.17) is 4.74 Å². The number of amides is 1. The number of phenolic OH excluding ortho intramolecular Hbond substituents is 1. The number of halogens is 1. The molecular weight excluding hydrogens is 499 g/mol. The zero-order valence-electron chi connectivity index (χ0n) is 22.4. The highest BCUT2D eigenvalue weighted by molar-refractivity contribution is 5.94. The van der Waals surface area contributed by atoms with Crippen LogP contribution in [0.3, 0.4) is 0 Å². The molecule has 39 heavy (non-hydrogen) atoms. The van der Waals surface area contributed by atoms with Crippen molar-refractivity contribution in [3.05, 3.63) is 53.1 Å². The van der Waals surface area contributed by atoms with Crippen LogP contribution in [-0.4, -0.2) is 69.9 Å². The van der Waals surface area contributed by atoms with Crippen molar-refractivity contribution in [3.8, 4) is 28.4 Å². The van der Waals surface area contributed by atoms with Gasteiger partial charge in [0.1, 0.15) is 5.69 Å². The third-order valence-electron chi connectivity index (χ3n) is 7.50. The van der Waals surface area contributed by atoms with E-state index in [1.807, 2.05) is 32.2 Å². The Labute approximate surface area is 226 Å². The van der Waals surface area contributed by atoms with Crippen LogP contribution in [0.5, 0.6) is 5.75 Å². The number of ether oxygens (including phenoxy) is 1. The number of carbonyl (C=O) groups excluding carboxylic acids is 1. The smallest absolute Gasteiger partial charge is 0.210 e. The minimum absolute atomic E-state index is 0.338. The predicted molar refractivity (Wildman–Crippen MR) is 148 cm³/mol. The lowest BCUT2D eigenvalue weighted by Crippen LogP contribution is -2.29. The van der Waals surface area contributed by atoms with Crippen LogP contribution >= 0.6 is 0 Å². The van der Waals surface area contributed by atoms with Gasteiger partial charge in [-0.05, 0) is 79.7 Å². The first-order valence-corrected chi connectivity index (χ1v) is 13.5. The lowest BCUT2D eigenvalue weighted by atomic mass is 9.96. The van der Waals surface area contributed by atoms with Crippen molar-refractivity contribution >= 4 is 17.3 Å². The van der Waals surface area contributed by atoms with Crippen molar-refractivity contribution in [2.45, 2.75) is 39.2 Å². The minimum atomic E-state index is -0.641. The van der Waals surface area contributed by atoms with Crippen LogP contribution in [0.2, 0.25) is 0 Å². The number of hydrogen-bond acceptors (Lipinski definition) is 6. The number of aromatic hydroxyl groups is 1. The molecule has 0 aliphatic carbocycles. The van der Waals surface area contributed by atoms with Crippen molar-refractivity contribution in [1.82, 2.24) is 30.4 Å². The molecule has 4 N–H and O–H groups in total. The van der Waals surface area contributed by atoms with Crippen molar-refractivity contribution in [2.24, 2.45) is 5.92 Å². The number of benzene rings is 2. The number of aryl methyl sites for hydroxylation is 1. The molecule has 2 aromatic carbocycles. The van der Waals surface area contributed by atoms with Gasteiger partial charge in [-0.1, -0.05) is 13.0 Å². The molecule has 4 heterocycles. The van der Waals surface area contributed by atoms with E-state index < -0.39 is 5.82 Å². The average Bonchev–Trinajstić information content (AvgIpc) is 3.58. The van der Waals surface area contributed by atoms with E-state index in [-0.39, 0.29) is 5.75 Å². The zero-order valence-corrected chi connectivity index (χ0v) is 22.4. The summed E-state index contributed by atoms with van der Waals surface area (Å²) in [4.78, 5) is 20.7. The number of fused-ring (bicyclic) bond motifs is 2. The Morgan fingerprint density at radius 2 is 2.08 bits per heavy atom. The zero-order chi connectivity index (χ0) is 27.4. The van der Waals surface area contributed by atoms with Gasteiger partial charge in [0.25, 0.3) is 0 Å². The second kappa shape index (κ2) is 12.0. The van der Waals surface area contributed by atoms with Gasteiger partial charge in [0, 0.05) is 31.6 Å². The molecule has 6 rings (SSSR count). The van der Waals surface area contributed by atoms with Gasteiger partial charge in [0.15, 0.2) is 17.4 Å². The molecule has 9 nitrogen and oxygen atoms in total. The molecule has 0 unspecified atom stereocenters. The second-order valence-electron chi connectivity index (χ2n) is 10.1. The lowest BCUT2D eigenvalue weighted by Gasteiger charge is -2.21.